The summed E-state index contributed by atoms with van der Waals surface area (Å²) in [5.74, 6) is -0.656. The third kappa shape index (κ3) is 11.2. The Balaban J connectivity index is 5.04. The van der Waals surface area contributed by atoms with Crippen LogP contribution in [0.2, 0.25) is 0 Å². The molecule has 1 atom stereocenters. The van der Waals surface area contributed by atoms with E-state index in [2.05, 4.69) is 5.32 Å². The highest BCUT2D eigenvalue weighted by Crippen LogP contribution is 2.11. The quantitative estimate of drug-likeness (QED) is 0.598. The number of carbonyl (C=O) groups is 3. The molecule has 25 heavy (non-hydrogen) atoms. The van der Waals surface area contributed by atoms with Crippen molar-refractivity contribution in [3.8, 4) is 0 Å². The van der Waals surface area contributed by atoms with Crippen molar-refractivity contribution < 1.29 is 28.6 Å². The van der Waals surface area contributed by atoms with Crippen molar-refractivity contribution in [1.29, 1.82) is 0 Å². The predicted octanol–water partition coefficient (Wildman–Crippen LogP) is 2.70. The van der Waals surface area contributed by atoms with Crippen molar-refractivity contribution in [1.82, 2.24) is 10.2 Å². The summed E-state index contributed by atoms with van der Waals surface area (Å²) < 4.78 is 15.5. The Bertz CT molecular complexity index is 477. The minimum absolute atomic E-state index is 0.111. The normalized spacial score (nSPS) is 13.0. The van der Waals surface area contributed by atoms with Gasteiger partial charge in [0.2, 0.25) is 0 Å². The minimum Gasteiger partial charge on any atom is -0.461 e. The number of esters is 1. The van der Waals surface area contributed by atoms with Crippen LogP contribution in [0.25, 0.3) is 0 Å². The summed E-state index contributed by atoms with van der Waals surface area (Å²) in [5.41, 5.74) is -1.38. The fourth-order valence-corrected chi connectivity index (χ4v) is 1.63. The molecule has 0 bridgehead atoms. The highest BCUT2D eigenvalue weighted by molar-refractivity contribution is 5.82. The number of amides is 2. The van der Waals surface area contributed by atoms with Crippen molar-refractivity contribution in [2.24, 2.45) is 0 Å². The largest absolute Gasteiger partial charge is 0.461 e. The van der Waals surface area contributed by atoms with Crippen molar-refractivity contribution in [2.45, 2.75) is 78.7 Å². The van der Waals surface area contributed by atoms with Crippen LogP contribution < -0.4 is 5.32 Å². The minimum atomic E-state index is -1.07. The summed E-state index contributed by atoms with van der Waals surface area (Å²) in [7, 11) is 1.47. The summed E-state index contributed by atoms with van der Waals surface area (Å²) in [6, 6.07) is -1.07. The fourth-order valence-electron chi connectivity index (χ4n) is 1.63. The second kappa shape index (κ2) is 8.92. The van der Waals surface area contributed by atoms with Crippen molar-refractivity contribution in [2.75, 3.05) is 13.6 Å². The van der Waals surface area contributed by atoms with Gasteiger partial charge in [-0.15, -0.1) is 0 Å². The molecule has 0 aromatic carbocycles. The van der Waals surface area contributed by atoms with Gasteiger partial charge in [-0.05, 0) is 55.4 Å². The number of likely N-dealkylation sites (N-methyl/N-ethyl adjacent to an activating group) is 1. The average molecular weight is 360 g/mol. The van der Waals surface area contributed by atoms with Crippen LogP contribution in [0.5, 0.6) is 0 Å². The topological polar surface area (TPSA) is 94.2 Å². The molecule has 2 amide bonds. The zero-order chi connectivity index (χ0) is 20.0. The monoisotopic (exact) mass is 360 g/mol. The molecule has 0 saturated heterocycles. The van der Waals surface area contributed by atoms with Crippen molar-refractivity contribution >= 4 is 18.2 Å². The Kier molecular flexibility index (Phi) is 8.21. The maximum Gasteiger partial charge on any atom is 0.410 e. The third-order valence-electron chi connectivity index (χ3n) is 2.49. The van der Waals surface area contributed by atoms with Crippen molar-refractivity contribution in [3.05, 3.63) is 0 Å². The van der Waals surface area contributed by atoms with Gasteiger partial charge < -0.3 is 24.4 Å². The van der Waals surface area contributed by atoms with Crippen LogP contribution in [0, 0.1) is 0 Å². The molecule has 0 aromatic heterocycles. The molecule has 1 unspecified atom stereocenters. The average Bonchev–Trinajstić information content (AvgIpc) is 2.32. The number of carbonyl (C=O) groups excluding carboxylic acids is 3. The second-order valence-corrected chi connectivity index (χ2v) is 8.05. The lowest BCUT2D eigenvalue weighted by Crippen LogP contribution is -2.51. The standard InChI is InChI=1S/C17H32N2O6/c1-11(2)23-13(20)12(18-14(21)24-16(3,4)5)10-19(9)15(22)25-17(6,7)8/h11-12H,10H2,1-9H3,(H,18,21). The molecule has 0 radical (unpaired) electrons. The third-order valence-corrected chi connectivity index (χ3v) is 2.49. The summed E-state index contributed by atoms with van der Waals surface area (Å²) in [4.78, 5) is 37.5. The maximum atomic E-state index is 12.2. The number of ether oxygens (including phenoxy) is 3. The first-order valence-electron chi connectivity index (χ1n) is 8.25. The van der Waals surface area contributed by atoms with E-state index in [-0.39, 0.29) is 12.6 Å². The van der Waals surface area contributed by atoms with Crippen LogP contribution in [0.4, 0.5) is 9.59 Å². The maximum absolute atomic E-state index is 12.2. The zero-order valence-electron chi connectivity index (χ0n) is 16.8. The Morgan fingerprint density at radius 2 is 1.44 bits per heavy atom. The number of alkyl carbamates (subject to hydrolysis) is 1. The van der Waals surface area contributed by atoms with Gasteiger partial charge in [0.25, 0.3) is 0 Å². The van der Waals surface area contributed by atoms with Gasteiger partial charge in [0.1, 0.15) is 17.2 Å². The van der Waals surface area contributed by atoms with E-state index in [4.69, 9.17) is 14.2 Å². The Labute approximate surface area is 150 Å². The van der Waals surface area contributed by atoms with E-state index < -0.39 is 35.4 Å². The van der Waals surface area contributed by atoms with Gasteiger partial charge >= 0.3 is 18.2 Å². The van der Waals surface area contributed by atoms with E-state index >= 15 is 0 Å². The van der Waals surface area contributed by atoms with Crippen LogP contribution in [0.3, 0.4) is 0 Å². The van der Waals surface area contributed by atoms with E-state index in [1.807, 2.05) is 0 Å². The first-order chi connectivity index (χ1) is 11.1. The molecule has 0 fully saturated rings. The molecular formula is C17H32N2O6. The van der Waals surface area contributed by atoms with Gasteiger partial charge in [-0.1, -0.05) is 0 Å². The fraction of sp³-hybridized carbons (Fsp3) is 0.824. The molecule has 0 rings (SSSR count). The molecule has 0 saturated carbocycles. The molecule has 0 aliphatic carbocycles. The van der Waals surface area contributed by atoms with Gasteiger partial charge in [0.05, 0.1) is 12.6 Å². The number of nitrogens with zero attached hydrogens (tertiary/aromatic N) is 1. The molecule has 8 nitrogen and oxygen atoms in total. The number of hydrogen-bond donors (Lipinski definition) is 1. The van der Waals surface area contributed by atoms with Gasteiger partial charge in [0, 0.05) is 7.05 Å². The highest BCUT2D eigenvalue weighted by Gasteiger charge is 2.30. The molecule has 0 aliphatic rings. The first kappa shape index (κ1) is 23.0. The molecule has 0 heterocycles. The van der Waals surface area contributed by atoms with Crippen LogP contribution in [-0.4, -0.2) is 60.0 Å². The Hall–Kier alpha value is -1.99. The molecule has 0 spiro atoms. The highest BCUT2D eigenvalue weighted by atomic mass is 16.6. The smallest absolute Gasteiger partial charge is 0.410 e. The summed E-state index contributed by atoms with van der Waals surface area (Å²) in [6.07, 6.45) is -1.74. The van der Waals surface area contributed by atoms with E-state index in [0.717, 1.165) is 0 Å². The zero-order valence-corrected chi connectivity index (χ0v) is 16.8. The lowest BCUT2D eigenvalue weighted by atomic mass is 10.2. The number of hydrogen-bond acceptors (Lipinski definition) is 6. The summed E-state index contributed by atoms with van der Waals surface area (Å²) in [6.45, 7) is 13.6. The van der Waals surface area contributed by atoms with Crippen LogP contribution in [0.15, 0.2) is 0 Å². The van der Waals surface area contributed by atoms with Gasteiger partial charge in [0.15, 0.2) is 0 Å². The van der Waals surface area contributed by atoms with Crippen LogP contribution in [-0.2, 0) is 19.0 Å². The van der Waals surface area contributed by atoms with E-state index in [9.17, 15) is 14.4 Å². The Morgan fingerprint density at radius 3 is 1.84 bits per heavy atom. The van der Waals surface area contributed by atoms with Crippen LogP contribution in [0.1, 0.15) is 55.4 Å². The van der Waals surface area contributed by atoms with Crippen LogP contribution >= 0.6 is 0 Å². The molecule has 146 valence electrons. The molecular weight excluding hydrogens is 328 g/mol. The van der Waals surface area contributed by atoms with E-state index in [0.29, 0.717) is 0 Å². The number of rotatable bonds is 5. The molecule has 0 aromatic rings. The van der Waals surface area contributed by atoms with Crippen molar-refractivity contribution in [3.63, 3.8) is 0 Å². The molecule has 8 heteroatoms. The molecule has 1 N–H and O–H groups in total. The van der Waals surface area contributed by atoms with Gasteiger partial charge in [-0.25, -0.2) is 14.4 Å². The van der Waals surface area contributed by atoms with E-state index in [1.165, 1.54) is 11.9 Å². The second-order valence-electron chi connectivity index (χ2n) is 8.05. The SMILES string of the molecule is CC(C)OC(=O)C(CN(C)C(=O)OC(C)(C)C)NC(=O)OC(C)(C)C. The lowest BCUT2D eigenvalue weighted by molar-refractivity contribution is -0.150. The van der Waals surface area contributed by atoms with Gasteiger partial charge in [-0.3, -0.25) is 0 Å². The number of nitrogens with one attached hydrogen (secondary N) is 1. The lowest BCUT2D eigenvalue weighted by Gasteiger charge is -2.28. The van der Waals surface area contributed by atoms with Gasteiger partial charge in [-0.2, -0.15) is 0 Å². The van der Waals surface area contributed by atoms with E-state index in [1.54, 1.807) is 55.4 Å². The summed E-state index contributed by atoms with van der Waals surface area (Å²) in [5, 5.41) is 2.44. The Morgan fingerprint density at radius 1 is 0.960 bits per heavy atom. The first-order valence-corrected chi connectivity index (χ1v) is 8.25. The molecule has 0 aliphatic heterocycles. The summed E-state index contributed by atoms with van der Waals surface area (Å²) >= 11 is 0. The predicted molar refractivity (Wildman–Crippen MR) is 93.2 cm³/mol.